The molecule has 0 saturated heterocycles. The van der Waals surface area contributed by atoms with E-state index in [9.17, 15) is 4.79 Å². The zero-order valence-corrected chi connectivity index (χ0v) is 11.2. The lowest BCUT2D eigenvalue weighted by molar-refractivity contribution is 0.171. The molecule has 1 atom stereocenters. The molecule has 102 valence electrons. The SMILES string of the molecule is COCC(C)NCCn1nnc2ccccc2c1=O. The zero-order valence-electron chi connectivity index (χ0n) is 11.2. The maximum absolute atomic E-state index is 12.1. The van der Waals surface area contributed by atoms with Crippen molar-refractivity contribution in [2.45, 2.75) is 19.5 Å². The van der Waals surface area contributed by atoms with E-state index in [0.29, 0.717) is 30.6 Å². The summed E-state index contributed by atoms with van der Waals surface area (Å²) in [5.74, 6) is 0. The molecular formula is C13H18N4O2. The highest BCUT2D eigenvalue weighted by Gasteiger charge is 2.05. The van der Waals surface area contributed by atoms with Gasteiger partial charge in [-0.15, -0.1) is 5.10 Å². The minimum absolute atomic E-state index is 0.105. The van der Waals surface area contributed by atoms with E-state index < -0.39 is 0 Å². The Morgan fingerprint density at radius 1 is 1.42 bits per heavy atom. The second-order valence-electron chi connectivity index (χ2n) is 4.45. The van der Waals surface area contributed by atoms with Crippen LogP contribution in [0.25, 0.3) is 10.9 Å². The van der Waals surface area contributed by atoms with Crippen molar-refractivity contribution >= 4 is 10.9 Å². The standard InChI is InChI=1S/C13H18N4O2/c1-10(9-19-2)14-7-8-17-13(18)11-5-3-4-6-12(11)15-16-17/h3-6,10,14H,7-9H2,1-2H3. The van der Waals surface area contributed by atoms with Crippen molar-refractivity contribution in [3.63, 3.8) is 0 Å². The predicted octanol–water partition coefficient (Wildman–Crippen LogP) is 0.416. The molecule has 2 rings (SSSR count). The average molecular weight is 262 g/mol. The summed E-state index contributed by atoms with van der Waals surface area (Å²) in [7, 11) is 1.66. The second kappa shape index (κ2) is 6.40. The van der Waals surface area contributed by atoms with E-state index in [2.05, 4.69) is 15.6 Å². The van der Waals surface area contributed by atoms with Crippen LogP contribution in [0.15, 0.2) is 29.1 Å². The molecule has 0 amide bonds. The van der Waals surface area contributed by atoms with Crippen LogP contribution in [0.3, 0.4) is 0 Å². The molecule has 1 aromatic carbocycles. The van der Waals surface area contributed by atoms with Crippen LogP contribution in [0.2, 0.25) is 0 Å². The largest absolute Gasteiger partial charge is 0.383 e. The van der Waals surface area contributed by atoms with E-state index in [1.165, 1.54) is 4.68 Å². The van der Waals surface area contributed by atoms with Gasteiger partial charge in [0, 0.05) is 19.7 Å². The third-order valence-electron chi connectivity index (χ3n) is 2.86. The van der Waals surface area contributed by atoms with Gasteiger partial charge in [0.1, 0.15) is 5.52 Å². The van der Waals surface area contributed by atoms with Gasteiger partial charge in [-0.2, -0.15) is 0 Å². The van der Waals surface area contributed by atoms with E-state index in [1.807, 2.05) is 19.1 Å². The first-order chi connectivity index (χ1) is 9.22. The van der Waals surface area contributed by atoms with Gasteiger partial charge in [-0.1, -0.05) is 17.3 Å². The number of hydrogen-bond donors (Lipinski definition) is 1. The Labute approximate surface area is 111 Å². The molecule has 1 unspecified atom stereocenters. The Morgan fingerprint density at radius 2 is 2.21 bits per heavy atom. The second-order valence-corrected chi connectivity index (χ2v) is 4.45. The maximum Gasteiger partial charge on any atom is 0.277 e. The molecule has 2 aromatic rings. The molecule has 1 N–H and O–H groups in total. The Morgan fingerprint density at radius 3 is 3.00 bits per heavy atom. The van der Waals surface area contributed by atoms with Crippen LogP contribution in [-0.4, -0.2) is 41.3 Å². The van der Waals surface area contributed by atoms with Crippen molar-refractivity contribution in [1.82, 2.24) is 20.3 Å². The fraction of sp³-hybridized carbons (Fsp3) is 0.462. The van der Waals surface area contributed by atoms with Gasteiger partial charge in [-0.3, -0.25) is 4.79 Å². The van der Waals surface area contributed by atoms with E-state index in [0.717, 1.165) is 0 Å². The predicted molar refractivity (Wildman–Crippen MR) is 73.1 cm³/mol. The van der Waals surface area contributed by atoms with Crippen molar-refractivity contribution in [3.8, 4) is 0 Å². The maximum atomic E-state index is 12.1. The molecular weight excluding hydrogens is 244 g/mol. The van der Waals surface area contributed by atoms with E-state index >= 15 is 0 Å². The molecule has 0 bridgehead atoms. The summed E-state index contributed by atoms with van der Waals surface area (Å²) in [6.07, 6.45) is 0. The highest BCUT2D eigenvalue weighted by atomic mass is 16.5. The van der Waals surface area contributed by atoms with Crippen LogP contribution in [0.4, 0.5) is 0 Å². The van der Waals surface area contributed by atoms with Gasteiger partial charge in [0.25, 0.3) is 5.56 Å². The fourth-order valence-corrected chi connectivity index (χ4v) is 1.90. The highest BCUT2D eigenvalue weighted by Crippen LogP contribution is 2.02. The van der Waals surface area contributed by atoms with Gasteiger partial charge < -0.3 is 10.1 Å². The number of benzene rings is 1. The molecule has 0 aliphatic rings. The Bertz CT molecular complexity index is 596. The van der Waals surface area contributed by atoms with Crippen LogP contribution in [0, 0.1) is 0 Å². The zero-order chi connectivity index (χ0) is 13.7. The summed E-state index contributed by atoms with van der Waals surface area (Å²) >= 11 is 0. The van der Waals surface area contributed by atoms with E-state index in [1.54, 1.807) is 19.2 Å². The summed E-state index contributed by atoms with van der Waals surface area (Å²) < 4.78 is 6.41. The van der Waals surface area contributed by atoms with Crippen LogP contribution < -0.4 is 10.9 Å². The number of ether oxygens (including phenoxy) is 1. The first-order valence-electron chi connectivity index (χ1n) is 6.27. The van der Waals surface area contributed by atoms with Gasteiger partial charge >= 0.3 is 0 Å². The lowest BCUT2D eigenvalue weighted by Crippen LogP contribution is -2.35. The quantitative estimate of drug-likeness (QED) is 0.817. The summed E-state index contributed by atoms with van der Waals surface area (Å²) in [5, 5.41) is 11.8. The van der Waals surface area contributed by atoms with Crippen molar-refractivity contribution in [2.75, 3.05) is 20.3 Å². The van der Waals surface area contributed by atoms with E-state index in [4.69, 9.17) is 4.74 Å². The molecule has 1 aromatic heterocycles. The summed E-state index contributed by atoms with van der Waals surface area (Å²) in [6, 6.07) is 7.47. The summed E-state index contributed by atoms with van der Waals surface area (Å²) in [4.78, 5) is 12.1. The van der Waals surface area contributed by atoms with Gasteiger partial charge in [0.15, 0.2) is 0 Å². The van der Waals surface area contributed by atoms with Crippen molar-refractivity contribution in [2.24, 2.45) is 0 Å². The first kappa shape index (κ1) is 13.6. The molecule has 6 heteroatoms. The number of aromatic nitrogens is 3. The van der Waals surface area contributed by atoms with E-state index in [-0.39, 0.29) is 11.6 Å². The Hall–Kier alpha value is -1.79. The lowest BCUT2D eigenvalue weighted by Gasteiger charge is -2.12. The van der Waals surface area contributed by atoms with Gasteiger partial charge in [-0.05, 0) is 19.1 Å². The van der Waals surface area contributed by atoms with Crippen LogP contribution >= 0.6 is 0 Å². The topological polar surface area (TPSA) is 69.0 Å². The van der Waals surface area contributed by atoms with Crippen LogP contribution in [0.1, 0.15) is 6.92 Å². The van der Waals surface area contributed by atoms with Crippen molar-refractivity contribution in [3.05, 3.63) is 34.6 Å². The number of methoxy groups -OCH3 is 1. The normalized spacial score (nSPS) is 12.7. The van der Waals surface area contributed by atoms with Gasteiger partial charge in [0.05, 0.1) is 18.5 Å². The number of hydrogen-bond acceptors (Lipinski definition) is 5. The molecule has 0 aliphatic heterocycles. The van der Waals surface area contributed by atoms with Crippen LogP contribution in [-0.2, 0) is 11.3 Å². The molecule has 19 heavy (non-hydrogen) atoms. The summed E-state index contributed by atoms with van der Waals surface area (Å²) in [5.41, 5.74) is 0.524. The average Bonchev–Trinajstić information content (AvgIpc) is 2.42. The third kappa shape index (κ3) is 3.36. The summed E-state index contributed by atoms with van der Waals surface area (Å²) in [6.45, 7) is 3.80. The van der Waals surface area contributed by atoms with Crippen LogP contribution in [0.5, 0.6) is 0 Å². The molecule has 0 saturated carbocycles. The molecule has 0 radical (unpaired) electrons. The lowest BCUT2D eigenvalue weighted by atomic mass is 10.2. The van der Waals surface area contributed by atoms with Crippen molar-refractivity contribution < 1.29 is 4.74 Å². The fourth-order valence-electron chi connectivity index (χ4n) is 1.90. The number of nitrogens with one attached hydrogen (secondary N) is 1. The Balaban J connectivity index is 2.05. The third-order valence-corrected chi connectivity index (χ3v) is 2.86. The first-order valence-corrected chi connectivity index (χ1v) is 6.27. The smallest absolute Gasteiger partial charge is 0.277 e. The molecule has 6 nitrogen and oxygen atoms in total. The van der Waals surface area contributed by atoms with Crippen molar-refractivity contribution in [1.29, 1.82) is 0 Å². The molecule has 0 aliphatic carbocycles. The Kier molecular flexibility index (Phi) is 4.59. The monoisotopic (exact) mass is 262 g/mol. The molecule has 0 spiro atoms. The number of rotatable bonds is 6. The number of fused-ring (bicyclic) bond motifs is 1. The highest BCUT2D eigenvalue weighted by molar-refractivity contribution is 5.76. The molecule has 1 heterocycles. The minimum atomic E-state index is -0.105. The minimum Gasteiger partial charge on any atom is -0.383 e. The van der Waals surface area contributed by atoms with Gasteiger partial charge in [-0.25, -0.2) is 4.68 Å². The number of nitrogens with zero attached hydrogens (tertiary/aromatic N) is 3. The molecule has 0 fully saturated rings. The van der Waals surface area contributed by atoms with Gasteiger partial charge in [0.2, 0.25) is 0 Å².